The smallest absolute Gasteiger partial charge is 0.262 e. The summed E-state index contributed by atoms with van der Waals surface area (Å²) >= 11 is 0. The van der Waals surface area contributed by atoms with E-state index < -0.39 is 35.7 Å². The third-order valence-electron chi connectivity index (χ3n) is 5.27. The average Bonchev–Trinajstić information content (AvgIpc) is 3.44. The Bertz CT molecular complexity index is 889. The van der Waals surface area contributed by atoms with Gasteiger partial charge < -0.3 is 5.32 Å². The fraction of sp³-hybridized carbons (Fsp3) is 0.421. The van der Waals surface area contributed by atoms with Gasteiger partial charge >= 0.3 is 0 Å². The lowest BCUT2D eigenvalue weighted by molar-refractivity contribution is -0.136. The number of benzene rings is 1. The molecule has 4 rings (SSSR count). The second kappa shape index (κ2) is 6.29. The zero-order valence-electron chi connectivity index (χ0n) is 14.8. The molecule has 2 unspecified atom stereocenters. The number of fused-ring (bicyclic) bond motifs is 1. The molecule has 0 aromatic heterocycles. The number of nitrogens with zero attached hydrogens (tertiary/aromatic N) is 1. The molecular weight excluding hydrogens is 350 g/mol. The van der Waals surface area contributed by atoms with Crippen LogP contribution in [0.3, 0.4) is 0 Å². The van der Waals surface area contributed by atoms with Crippen LogP contribution in [0, 0.1) is 5.92 Å². The van der Waals surface area contributed by atoms with Crippen LogP contribution in [-0.4, -0.2) is 40.5 Å². The van der Waals surface area contributed by atoms with Crippen LogP contribution in [0.1, 0.15) is 64.9 Å². The Hall–Kier alpha value is -3.03. The first-order valence-electron chi connectivity index (χ1n) is 9.03. The summed E-state index contributed by atoms with van der Waals surface area (Å²) in [5.74, 6) is -2.19. The van der Waals surface area contributed by atoms with Gasteiger partial charge in [-0.15, -0.1) is 0 Å². The standard InChI is InChI=1S/C19H19N3O5/c1-9(20-16(24)10-5-6-10)11-3-2-4-12-15(11)19(27)22(18(12)26)13-7-8-14(23)21-17(13)25/h2-4,9-10,13H,5-8H2,1H3,(H,20,24)(H,21,23,25). The lowest BCUT2D eigenvalue weighted by atomic mass is 9.97. The maximum absolute atomic E-state index is 13.0. The number of carbonyl (C=O) groups is 5. The van der Waals surface area contributed by atoms with E-state index in [1.807, 2.05) is 0 Å². The molecule has 140 valence electrons. The predicted octanol–water partition coefficient (Wildman–Crippen LogP) is 0.675. The van der Waals surface area contributed by atoms with Crippen molar-refractivity contribution in [2.45, 2.75) is 44.7 Å². The number of hydrogen-bond acceptors (Lipinski definition) is 5. The summed E-state index contributed by atoms with van der Waals surface area (Å²) < 4.78 is 0. The molecule has 5 amide bonds. The van der Waals surface area contributed by atoms with E-state index >= 15 is 0 Å². The van der Waals surface area contributed by atoms with E-state index in [4.69, 9.17) is 0 Å². The maximum Gasteiger partial charge on any atom is 0.262 e. The number of nitrogens with one attached hydrogen (secondary N) is 2. The third kappa shape index (κ3) is 2.90. The summed E-state index contributed by atoms with van der Waals surface area (Å²) in [6.07, 6.45) is 1.92. The van der Waals surface area contributed by atoms with Gasteiger partial charge in [-0.2, -0.15) is 0 Å². The summed E-state index contributed by atoms with van der Waals surface area (Å²) in [5, 5.41) is 5.06. The van der Waals surface area contributed by atoms with Gasteiger partial charge in [-0.1, -0.05) is 12.1 Å². The zero-order chi connectivity index (χ0) is 19.3. The largest absolute Gasteiger partial charge is 0.349 e. The van der Waals surface area contributed by atoms with E-state index in [1.54, 1.807) is 25.1 Å². The predicted molar refractivity (Wildman–Crippen MR) is 92.4 cm³/mol. The van der Waals surface area contributed by atoms with Crippen molar-refractivity contribution in [3.8, 4) is 0 Å². The lowest BCUT2D eigenvalue weighted by Gasteiger charge is -2.28. The minimum absolute atomic E-state index is 0.0292. The number of rotatable bonds is 4. The van der Waals surface area contributed by atoms with Crippen molar-refractivity contribution in [3.05, 3.63) is 34.9 Å². The lowest BCUT2D eigenvalue weighted by Crippen LogP contribution is -2.54. The molecule has 1 aromatic carbocycles. The van der Waals surface area contributed by atoms with E-state index in [-0.39, 0.29) is 35.8 Å². The van der Waals surface area contributed by atoms with Gasteiger partial charge in [0.05, 0.1) is 17.2 Å². The summed E-state index contributed by atoms with van der Waals surface area (Å²) in [5.41, 5.74) is 0.986. The second-order valence-electron chi connectivity index (χ2n) is 7.22. The van der Waals surface area contributed by atoms with Crippen molar-refractivity contribution in [3.63, 3.8) is 0 Å². The van der Waals surface area contributed by atoms with Crippen LogP contribution in [0.25, 0.3) is 0 Å². The average molecular weight is 369 g/mol. The van der Waals surface area contributed by atoms with Crippen LogP contribution in [0.2, 0.25) is 0 Å². The Morgan fingerprint density at radius 2 is 1.89 bits per heavy atom. The van der Waals surface area contributed by atoms with E-state index in [0.717, 1.165) is 17.7 Å². The number of amides is 5. The van der Waals surface area contributed by atoms with Crippen LogP contribution in [0.4, 0.5) is 0 Å². The van der Waals surface area contributed by atoms with Gasteiger partial charge in [0, 0.05) is 12.3 Å². The normalized spacial score (nSPS) is 23.1. The van der Waals surface area contributed by atoms with Gasteiger partial charge in [0.2, 0.25) is 17.7 Å². The Kier molecular flexibility index (Phi) is 4.05. The Labute approximate surface area is 155 Å². The molecule has 2 N–H and O–H groups in total. The summed E-state index contributed by atoms with van der Waals surface area (Å²) in [6.45, 7) is 1.77. The fourth-order valence-electron chi connectivity index (χ4n) is 3.66. The van der Waals surface area contributed by atoms with Crippen LogP contribution in [-0.2, 0) is 14.4 Å². The molecule has 1 saturated carbocycles. The van der Waals surface area contributed by atoms with Crippen molar-refractivity contribution in [2.24, 2.45) is 5.92 Å². The van der Waals surface area contributed by atoms with Gasteiger partial charge in [-0.25, -0.2) is 0 Å². The summed E-state index contributed by atoms with van der Waals surface area (Å²) in [4.78, 5) is 62.3. The molecule has 1 saturated heterocycles. The number of hydrogen-bond donors (Lipinski definition) is 2. The molecule has 2 atom stereocenters. The molecule has 0 spiro atoms. The molecule has 2 fully saturated rings. The topological polar surface area (TPSA) is 113 Å². The van der Waals surface area contributed by atoms with E-state index in [1.165, 1.54) is 0 Å². The van der Waals surface area contributed by atoms with Gasteiger partial charge in [-0.3, -0.25) is 34.2 Å². The minimum atomic E-state index is -1.00. The van der Waals surface area contributed by atoms with E-state index in [9.17, 15) is 24.0 Å². The number of piperidine rings is 1. The molecule has 0 bridgehead atoms. The highest BCUT2D eigenvalue weighted by atomic mass is 16.2. The molecule has 0 radical (unpaired) electrons. The Morgan fingerprint density at radius 1 is 1.15 bits per heavy atom. The fourth-order valence-corrected chi connectivity index (χ4v) is 3.66. The van der Waals surface area contributed by atoms with Crippen LogP contribution >= 0.6 is 0 Å². The van der Waals surface area contributed by atoms with Crippen molar-refractivity contribution in [2.75, 3.05) is 0 Å². The molecule has 27 heavy (non-hydrogen) atoms. The monoisotopic (exact) mass is 369 g/mol. The minimum Gasteiger partial charge on any atom is -0.349 e. The zero-order valence-corrected chi connectivity index (χ0v) is 14.8. The van der Waals surface area contributed by atoms with E-state index in [0.29, 0.717) is 5.56 Å². The third-order valence-corrected chi connectivity index (χ3v) is 5.27. The van der Waals surface area contributed by atoms with Crippen molar-refractivity contribution in [1.82, 2.24) is 15.5 Å². The van der Waals surface area contributed by atoms with Crippen LogP contribution < -0.4 is 10.6 Å². The van der Waals surface area contributed by atoms with Crippen molar-refractivity contribution < 1.29 is 24.0 Å². The highest BCUT2D eigenvalue weighted by Gasteiger charge is 2.46. The number of carbonyl (C=O) groups excluding carboxylic acids is 5. The summed E-state index contributed by atoms with van der Waals surface area (Å²) in [6, 6.07) is 3.47. The first-order chi connectivity index (χ1) is 12.9. The van der Waals surface area contributed by atoms with Gasteiger partial charge in [0.15, 0.2) is 0 Å². The molecule has 1 aliphatic carbocycles. The van der Waals surface area contributed by atoms with E-state index in [2.05, 4.69) is 10.6 Å². The molecular formula is C19H19N3O5. The highest BCUT2D eigenvalue weighted by molar-refractivity contribution is 6.24. The first-order valence-corrected chi connectivity index (χ1v) is 9.03. The van der Waals surface area contributed by atoms with Crippen LogP contribution in [0.15, 0.2) is 18.2 Å². The van der Waals surface area contributed by atoms with Crippen molar-refractivity contribution in [1.29, 1.82) is 0 Å². The molecule has 2 heterocycles. The van der Waals surface area contributed by atoms with Crippen LogP contribution in [0.5, 0.6) is 0 Å². The van der Waals surface area contributed by atoms with Gasteiger partial charge in [0.1, 0.15) is 6.04 Å². The molecule has 2 aliphatic heterocycles. The quantitative estimate of drug-likeness (QED) is 0.758. The Balaban J connectivity index is 1.64. The van der Waals surface area contributed by atoms with Gasteiger partial charge in [0.25, 0.3) is 11.8 Å². The molecule has 3 aliphatic rings. The number of imide groups is 2. The molecule has 8 nitrogen and oxygen atoms in total. The summed E-state index contributed by atoms with van der Waals surface area (Å²) in [7, 11) is 0. The Morgan fingerprint density at radius 3 is 2.56 bits per heavy atom. The molecule has 8 heteroatoms. The first kappa shape index (κ1) is 17.4. The molecule has 1 aromatic rings. The van der Waals surface area contributed by atoms with Gasteiger partial charge in [-0.05, 0) is 37.8 Å². The SMILES string of the molecule is CC(NC(=O)C1CC1)c1cccc2c1C(=O)N(C1CCC(=O)NC1=O)C2=O. The highest BCUT2D eigenvalue weighted by Crippen LogP contribution is 2.34. The van der Waals surface area contributed by atoms with Crippen molar-refractivity contribution >= 4 is 29.5 Å². The second-order valence-corrected chi connectivity index (χ2v) is 7.22. The maximum atomic E-state index is 13.0.